The van der Waals surface area contributed by atoms with Gasteiger partial charge in [-0.2, -0.15) is 8.42 Å². The van der Waals surface area contributed by atoms with Gasteiger partial charge in [-0.15, -0.1) is 0 Å². The highest BCUT2D eigenvalue weighted by Gasteiger charge is 2.19. The molecule has 0 radical (unpaired) electrons. The van der Waals surface area contributed by atoms with Gasteiger partial charge in [-0.25, -0.2) is 0 Å². The number of amides is 1. The van der Waals surface area contributed by atoms with Crippen molar-refractivity contribution in [2.45, 2.75) is 31.2 Å². The van der Waals surface area contributed by atoms with Crippen molar-refractivity contribution in [2.24, 2.45) is 0 Å². The topological polar surface area (TPSA) is 98.8 Å². The fraction of sp³-hybridized carbons (Fsp3) is 0.263. The SMILES string of the molecule is CCOC(=O)CC(NC(C)=O)c1ccc(OS(=O)(=O)c2ccccc2)cc1. The van der Waals surface area contributed by atoms with Gasteiger partial charge in [-0.1, -0.05) is 30.3 Å². The first-order valence-electron chi connectivity index (χ1n) is 8.34. The predicted molar refractivity (Wildman–Crippen MR) is 98.5 cm³/mol. The lowest BCUT2D eigenvalue weighted by atomic mass is 10.0. The van der Waals surface area contributed by atoms with Crippen LogP contribution in [0.2, 0.25) is 0 Å². The minimum absolute atomic E-state index is 0.0318. The van der Waals surface area contributed by atoms with E-state index >= 15 is 0 Å². The average molecular weight is 391 g/mol. The lowest BCUT2D eigenvalue weighted by Gasteiger charge is -2.18. The van der Waals surface area contributed by atoms with E-state index in [0.717, 1.165) is 0 Å². The van der Waals surface area contributed by atoms with E-state index in [1.54, 1.807) is 37.3 Å². The molecule has 1 unspecified atom stereocenters. The Labute approximate surface area is 158 Å². The second-order valence-electron chi connectivity index (χ2n) is 5.68. The quantitative estimate of drug-likeness (QED) is 0.549. The molecule has 1 N–H and O–H groups in total. The van der Waals surface area contributed by atoms with Gasteiger partial charge in [0.2, 0.25) is 5.91 Å². The molecule has 0 aliphatic rings. The van der Waals surface area contributed by atoms with Crippen LogP contribution in [0.1, 0.15) is 31.9 Å². The van der Waals surface area contributed by atoms with Crippen molar-refractivity contribution in [3.63, 3.8) is 0 Å². The Hall–Kier alpha value is -2.87. The number of esters is 1. The van der Waals surface area contributed by atoms with Crippen LogP contribution in [-0.2, 0) is 24.4 Å². The zero-order valence-corrected chi connectivity index (χ0v) is 15.9. The molecule has 2 aromatic carbocycles. The lowest BCUT2D eigenvalue weighted by molar-refractivity contribution is -0.143. The molecule has 1 amide bonds. The molecule has 2 rings (SSSR count). The second kappa shape index (κ2) is 9.18. The van der Waals surface area contributed by atoms with Crippen molar-refractivity contribution in [3.8, 4) is 5.75 Å². The summed E-state index contributed by atoms with van der Waals surface area (Å²) in [6, 6.07) is 13.3. The molecule has 1 atom stereocenters. The molecule has 8 heteroatoms. The van der Waals surface area contributed by atoms with E-state index in [9.17, 15) is 18.0 Å². The average Bonchev–Trinajstić information content (AvgIpc) is 2.62. The van der Waals surface area contributed by atoms with Crippen molar-refractivity contribution in [1.29, 1.82) is 0 Å². The van der Waals surface area contributed by atoms with Gasteiger partial charge in [0, 0.05) is 6.92 Å². The van der Waals surface area contributed by atoms with Crippen LogP contribution in [0.5, 0.6) is 5.75 Å². The Bertz CT molecular complexity index is 878. The van der Waals surface area contributed by atoms with Gasteiger partial charge >= 0.3 is 16.1 Å². The number of hydrogen-bond acceptors (Lipinski definition) is 6. The summed E-state index contributed by atoms with van der Waals surface area (Å²) in [4.78, 5) is 23.2. The molecule has 0 fully saturated rings. The number of carbonyl (C=O) groups is 2. The molecule has 2 aromatic rings. The number of carbonyl (C=O) groups excluding carboxylic acids is 2. The van der Waals surface area contributed by atoms with E-state index in [1.807, 2.05) is 0 Å². The van der Waals surface area contributed by atoms with E-state index in [-0.39, 0.29) is 29.6 Å². The first-order chi connectivity index (χ1) is 12.8. The zero-order chi connectivity index (χ0) is 19.9. The Morgan fingerprint density at radius 3 is 2.22 bits per heavy atom. The van der Waals surface area contributed by atoms with Gasteiger partial charge in [0.05, 0.1) is 19.1 Å². The highest BCUT2D eigenvalue weighted by atomic mass is 32.2. The molecular formula is C19H21NO6S. The number of benzene rings is 2. The normalized spacial score (nSPS) is 12.1. The third-order valence-corrected chi connectivity index (χ3v) is 4.84. The second-order valence-corrected chi connectivity index (χ2v) is 7.23. The van der Waals surface area contributed by atoms with E-state index < -0.39 is 22.1 Å². The molecule has 0 aromatic heterocycles. The molecule has 0 spiro atoms. The van der Waals surface area contributed by atoms with Crippen molar-refractivity contribution in [1.82, 2.24) is 5.32 Å². The summed E-state index contributed by atoms with van der Waals surface area (Å²) < 4.78 is 34.5. The van der Waals surface area contributed by atoms with E-state index in [1.165, 1.54) is 31.2 Å². The van der Waals surface area contributed by atoms with Crippen molar-refractivity contribution in [2.75, 3.05) is 6.61 Å². The van der Waals surface area contributed by atoms with Crippen LogP contribution < -0.4 is 9.50 Å². The molecule has 0 aliphatic heterocycles. The molecule has 0 heterocycles. The van der Waals surface area contributed by atoms with Crippen LogP contribution in [-0.4, -0.2) is 26.9 Å². The number of ether oxygens (including phenoxy) is 1. The highest BCUT2D eigenvalue weighted by Crippen LogP contribution is 2.23. The first kappa shape index (κ1) is 20.4. The number of nitrogens with one attached hydrogen (secondary N) is 1. The minimum atomic E-state index is -3.94. The highest BCUT2D eigenvalue weighted by molar-refractivity contribution is 7.87. The van der Waals surface area contributed by atoms with Gasteiger partial charge in [0.15, 0.2) is 0 Å². The minimum Gasteiger partial charge on any atom is -0.466 e. The Balaban J connectivity index is 2.16. The van der Waals surface area contributed by atoms with Gasteiger partial charge in [-0.05, 0) is 36.8 Å². The van der Waals surface area contributed by atoms with Crippen LogP contribution >= 0.6 is 0 Å². The maximum absolute atomic E-state index is 12.2. The molecule has 27 heavy (non-hydrogen) atoms. The molecular weight excluding hydrogens is 370 g/mol. The summed E-state index contributed by atoms with van der Waals surface area (Å²) in [5.41, 5.74) is 0.628. The third kappa shape index (κ3) is 6.10. The summed E-state index contributed by atoms with van der Waals surface area (Å²) >= 11 is 0. The maximum atomic E-state index is 12.2. The van der Waals surface area contributed by atoms with Gasteiger partial charge in [-0.3, -0.25) is 9.59 Å². The zero-order valence-electron chi connectivity index (χ0n) is 15.0. The fourth-order valence-electron chi connectivity index (χ4n) is 2.40. The molecule has 0 saturated carbocycles. The Kier molecular flexibility index (Phi) is 6.95. The van der Waals surface area contributed by atoms with Crippen molar-refractivity contribution >= 4 is 22.0 Å². The van der Waals surface area contributed by atoms with Crippen LogP contribution in [0.15, 0.2) is 59.5 Å². The van der Waals surface area contributed by atoms with Crippen LogP contribution in [0.4, 0.5) is 0 Å². The Morgan fingerprint density at radius 2 is 1.67 bits per heavy atom. The monoisotopic (exact) mass is 391 g/mol. The predicted octanol–water partition coefficient (Wildman–Crippen LogP) is 2.58. The van der Waals surface area contributed by atoms with Gasteiger partial charge < -0.3 is 14.2 Å². The smallest absolute Gasteiger partial charge is 0.339 e. The van der Waals surface area contributed by atoms with Crippen LogP contribution in [0, 0.1) is 0 Å². The standard InChI is InChI=1S/C19H21NO6S/c1-3-25-19(22)13-18(20-14(2)21)15-9-11-16(12-10-15)26-27(23,24)17-7-5-4-6-8-17/h4-12,18H,3,13H2,1-2H3,(H,20,21). The largest absolute Gasteiger partial charge is 0.466 e. The van der Waals surface area contributed by atoms with Crippen LogP contribution in [0.3, 0.4) is 0 Å². The van der Waals surface area contributed by atoms with E-state index in [4.69, 9.17) is 8.92 Å². The molecule has 144 valence electrons. The van der Waals surface area contributed by atoms with Gasteiger partial charge in [0.25, 0.3) is 0 Å². The van der Waals surface area contributed by atoms with E-state index in [2.05, 4.69) is 5.32 Å². The summed E-state index contributed by atoms with van der Waals surface area (Å²) in [6.07, 6.45) is -0.0318. The number of rotatable bonds is 8. The summed E-state index contributed by atoms with van der Waals surface area (Å²) in [5.74, 6) is -0.611. The molecule has 0 saturated heterocycles. The summed E-state index contributed by atoms with van der Waals surface area (Å²) in [5, 5.41) is 2.68. The van der Waals surface area contributed by atoms with Crippen LogP contribution in [0.25, 0.3) is 0 Å². The molecule has 7 nitrogen and oxygen atoms in total. The van der Waals surface area contributed by atoms with Crippen molar-refractivity contribution in [3.05, 3.63) is 60.2 Å². The summed E-state index contributed by atoms with van der Waals surface area (Å²) in [6.45, 7) is 3.29. The van der Waals surface area contributed by atoms with Crippen molar-refractivity contribution < 1.29 is 26.9 Å². The van der Waals surface area contributed by atoms with E-state index in [0.29, 0.717) is 5.56 Å². The Morgan fingerprint density at radius 1 is 1.04 bits per heavy atom. The summed E-state index contributed by atoms with van der Waals surface area (Å²) in [7, 11) is -3.94. The maximum Gasteiger partial charge on any atom is 0.339 e. The first-order valence-corrected chi connectivity index (χ1v) is 9.75. The number of hydrogen-bond donors (Lipinski definition) is 1. The molecule has 0 aliphatic carbocycles. The third-order valence-electron chi connectivity index (χ3n) is 3.57. The lowest BCUT2D eigenvalue weighted by Crippen LogP contribution is -2.28. The molecule has 0 bridgehead atoms. The van der Waals surface area contributed by atoms with Gasteiger partial charge in [0.1, 0.15) is 10.6 Å². The fourth-order valence-corrected chi connectivity index (χ4v) is 3.35.